The van der Waals surface area contributed by atoms with Gasteiger partial charge < -0.3 is 19.7 Å². The van der Waals surface area contributed by atoms with Crippen molar-refractivity contribution in [2.45, 2.75) is 116 Å². The molecule has 6 unspecified atom stereocenters. The Labute approximate surface area is 258 Å². The van der Waals surface area contributed by atoms with E-state index in [1.54, 1.807) is 0 Å². The molecule has 1 heterocycles. The van der Waals surface area contributed by atoms with Crippen molar-refractivity contribution in [3.05, 3.63) is 35.9 Å². The molecule has 1 saturated heterocycles. The quantitative estimate of drug-likeness (QED) is 0.287. The molecule has 13 atom stereocenters. The molecule has 5 heteroatoms. The normalized spacial score (nSPS) is 53.1. The molecule has 43 heavy (non-hydrogen) atoms. The highest BCUT2D eigenvalue weighted by Gasteiger charge is 2.73. The smallest absolute Gasteiger partial charge is 0.312 e. The number of aliphatic hydroxyl groups is 2. The molecule has 1 aliphatic heterocycles. The van der Waals surface area contributed by atoms with Crippen molar-refractivity contribution in [1.82, 2.24) is 0 Å². The van der Waals surface area contributed by atoms with Gasteiger partial charge in [-0.15, -0.1) is 0 Å². The summed E-state index contributed by atoms with van der Waals surface area (Å²) in [5, 5.41) is 21.9. The molecule has 0 amide bonds. The highest BCUT2D eigenvalue weighted by molar-refractivity contribution is 5.78. The van der Waals surface area contributed by atoms with Crippen molar-refractivity contribution in [2.24, 2.45) is 63.1 Å². The van der Waals surface area contributed by atoms with E-state index >= 15 is 0 Å². The maximum atomic E-state index is 14.3. The fourth-order valence-corrected chi connectivity index (χ4v) is 13.6. The summed E-state index contributed by atoms with van der Waals surface area (Å²) in [6.07, 6.45) is 13.3. The molecule has 236 valence electrons. The SMILES string of the molecule is CC1C[C@@]12C1CCC[C@H]3C(CCC4C5[C@H](C6(CO)CO6)CC[C@]5(C(=O)OCc5ccccc5)CC[C@]43C)[C@@]1(C)CC[C@H]2O. The largest absolute Gasteiger partial charge is 0.460 e. The highest BCUT2D eigenvalue weighted by atomic mass is 16.6. The van der Waals surface area contributed by atoms with Gasteiger partial charge in [0.05, 0.1) is 24.7 Å². The van der Waals surface area contributed by atoms with E-state index in [0.29, 0.717) is 48.2 Å². The maximum Gasteiger partial charge on any atom is 0.312 e. The summed E-state index contributed by atoms with van der Waals surface area (Å²) in [5.41, 5.74) is 0.750. The van der Waals surface area contributed by atoms with E-state index in [1.807, 2.05) is 30.3 Å². The first-order chi connectivity index (χ1) is 20.6. The van der Waals surface area contributed by atoms with Gasteiger partial charge in [0.15, 0.2) is 0 Å². The van der Waals surface area contributed by atoms with Crippen LogP contribution in [0.4, 0.5) is 0 Å². The van der Waals surface area contributed by atoms with Gasteiger partial charge in [0.2, 0.25) is 0 Å². The summed E-state index contributed by atoms with van der Waals surface area (Å²) < 4.78 is 12.3. The standard InChI is InChI=1S/C38H54O5/c1-24-20-38(24)30-11-7-10-26-27(35(30,3)16-15-31(38)40)12-13-28-32-29(37(22-39)23-43-37)14-17-36(32,19-18-34(26,28)2)33(41)42-21-25-8-5-4-6-9-25/h4-6,8-9,24,26-32,39-40H,7,10-23H2,1-3H3/t24?,26-,27?,28?,29+,30?,31+,32?,34-,35+,36-,37?,38-/m0/s1. The van der Waals surface area contributed by atoms with Crippen molar-refractivity contribution in [3.63, 3.8) is 0 Å². The Hall–Kier alpha value is -1.43. The topological polar surface area (TPSA) is 79.3 Å². The van der Waals surface area contributed by atoms with E-state index < -0.39 is 11.0 Å². The Kier molecular flexibility index (Phi) is 6.60. The second kappa shape index (κ2) is 9.79. The first-order valence-electron chi connectivity index (χ1n) is 17.8. The molecule has 0 bridgehead atoms. The molecule has 8 rings (SSSR count). The van der Waals surface area contributed by atoms with Crippen LogP contribution in [0.2, 0.25) is 0 Å². The molecule has 5 nitrogen and oxygen atoms in total. The second-order valence-electron chi connectivity index (χ2n) is 17.1. The Balaban J connectivity index is 1.13. The third kappa shape index (κ3) is 3.89. The average molecular weight is 591 g/mol. The van der Waals surface area contributed by atoms with Gasteiger partial charge >= 0.3 is 5.97 Å². The highest BCUT2D eigenvalue weighted by Crippen LogP contribution is 2.77. The lowest BCUT2D eigenvalue weighted by Crippen LogP contribution is -2.60. The van der Waals surface area contributed by atoms with E-state index in [4.69, 9.17) is 9.47 Å². The predicted molar refractivity (Wildman–Crippen MR) is 165 cm³/mol. The molecule has 0 aromatic heterocycles. The Morgan fingerprint density at radius 3 is 2.33 bits per heavy atom. The van der Waals surface area contributed by atoms with Crippen LogP contribution >= 0.6 is 0 Å². The fraction of sp³-hybridized carbons (Fsp3) is 0.816. The number of carbonyl (C=O) groups excluding carboxylic acids is 1. The lowest BCUT2D eigenvalue weighted by molar-refractivity contribution is -0.190. The third-order valence-electron chi connectivity index (χ3n) is 15.9. The molecular weight excluding hydrogens is 536 g/mol. The van der Waals surface area contributed by atoms with Crippen LogP contribution in [0.25, 0.3) is 0 Å². The molecule has 1 aromatic rings. The first-order valence-corrected chi connectivity index (χ1v) is 17.8. The van der Waals surface area contributed by atoms with E-state index in [2.05, 4.69) is 20.8 Å². The number of carbonyl (C=O) groups is 1. The Bertz CT molecular complexity index is 1240. The molecule has 6 saturated carbocycles. The number of benzene rings is 1. The van der Waals surface area contributed by atoms with Gasteiger partial charge in [-0.3, -0.25) is 4.79 Å². The molecule has 0 radical (unpaired) electrons. The van der Waals surface area contributed by atoms with Gasteiger partial charge in [-0.1, -0.05) is 57.5 Å². The van der Waals surface area contributed by atoms with Crippen LogP contribution in [-0.2, 0) is 20.9 Å². The van der Waals surface area contributed by atoms with Crippen LogP contribution in [0.15, 0.2) is 30.3 Å². The monoisotopic (exact) mass is 590 g/mol. The minimum atomic E-state index is -0.468. The van der Waals surface area contributed by atoms with Gasteiger partial charge in [-0.05, 0) is 128 Å². The van der Waals surface area contributed by atoms with Gasteiger partial charge in [0, 0.05) is 5.41 Å². The van der Waals surface area contributed by atoms with Crippen molar-refractivity contribution < 1.29 is 24.5 Å². The predicted octanol–water partition coefficient (Wildman–Crippen LogP) is 6.93. The lowest BCUT2D eigenvalue weighted by atomic mass is 9.40. The molecule has 2 N–H and O–H groups in total. The lowest BCUT2D eigenvalue weighted by Gasteiger charge is -2.64. The summed E-state index contributed by atoms with van der Waals surface area (Å²) >= 11 is 0. The molecule has 1 spiro atoms. The van der Waals surface area contributed by atoms with Crippen molar-refractivity contribution in [3.8, 4) is 0 Å². The molecule has 6 aliphatic carbocycles. The Morgan fingerprint density at radius 1 is 0.907 bits per heavy atom. The van der Waals surface area contributed by atoms with Crippen LogP contribution in [-0.4, -0.2) is 41.1 Å². The van der Waals surface area contributed by atoms with Crippen molar-refractivity contribution in [2.75, 3.05) is 13.2 Å². The number of fused-ring (bicyclic) bond motifs is 8. The number of aliphatic hydroxyl groups excluding tert-OH is 2. The van der Waals surface area contributed by atoms with Gasteiger partial charge in [-0.25, -0.2) is 0 Å². The molecule has 7 fully saturated rings. The number of epoxide rings is 1. The zero-order chi connectivity index (χ0) is 29.8. The minimum absolute atomic E-state index is 0.000546. The van der Waals surface area contributed by atoms with E-state index in [-0.39, 0.29) is 41.3 Å². The summed E-state index contributed by atoms with van der Waals surface area (Å²) in [4.78, 5) is 14.3. The van der Waals surface area contributed by atoms with Crippen LogP contribution in [0.5, 0.6) is 0 Å². The first kappa shape index (κ1) is 29.0. The van der Waals surface area contributed by atoms with Crippen LogP contribution in [0.3, 0.4) is 0 Å². The van der Waals surface area contributed by atoms with Gasteiger partial charge in [0.1, 0.15) is 12.2 Å². The van der Waals surface area contributed by atoms with E-state index in [9.17, 15) is 15.0 Å². The Morgan fingerprint density at radius 2 is 1.63 bits per heavy atom. The zero-order valence-corrected chi connectivity index (χ0v) is 26.7. The van der Waals surface area contributed by atoms with Crippen LogP contribution < -0.4 is 0 Å². The van der Waals surface area contributed by atoms with E-state index in [1.165, 1.54) is 44.9 Å². The fourth-order valence-electron chi connectivity index (χ4n) is 13.6. The molecule has 7 aliphatic rings. The van der Waals surface area contributed by atoms with Crippen molar-refractivity contribution >= 4 is 5.97 Å². The summed E-state index contributed by atoms with van der Waals surface area (Å²) in [6.45, 7) is 8.65. The zero-order valence-electron chi connectivity index (χ0n) is 26.7. The second-order valence-corrected chi connectivity index (χ2v) is 17.1. The summed E-state index contributed by atoms with van der Waals surface area (Å²) in [6, 6.07) is 10.1. The van der Waals surface area contributed by atoms with E-state index in [0.717, 1.165) is 37.7 Å². The number of hydrogen-bond donors (Lipinski definition) is 2. The minimum Gasteiger partial charge on any atom is -0.460 e. The molecular formula is C38H54O5. The van der Waals surface area contributed by atoms with Crippen LogP contribution in [0.1, 0.15) is 103 Å². The molecule has 1 aromatic carbocycles. The third-order valence-corrected chi connectivity index (χ3v) is 15.9. The summed E-state index contributed by atoms with van der Waals surface area (Å²) in [5.74, 6) is 3.53. The van der Waals surface area contributed by atoms with Gasteiger partial charge in [-0.2, -0.15) is 0 Å². The number of esters is 1. The number of ether oxygens (including phenoxy) is 2. The number of hydrogen-bond acceptors (Lipinski definition) is 5. The van der Waals surface area contributed by atoms with Crippen LogP contribution in [0, 0.1) is 63.1 Å². The summed E-state index contributed by atoms with van der Waals surface area (Å²) in [7, 11) is 0. The van der Waals surface area contributed by atoms with Gasteiger partial charge in [0.25, 0.3) is 0 Å². The maximum absolute atomic E-state index is 14.3. The number of rotatable bonds is 5. The van der Waals surface area contributed by atoms with Crippen molar-refractivity contribution in [1.29, 1.82) is 0 Å². The average Bonchev–Trinajstić information content (AvgIpc) is 3.91.